The maximum atomic E-state index is 10.9. The number of hydrogen-bond acceptors (Lipinski definition) is 5. The summed E-state index contributed by atoms with van der Waals surface area (Å²) in [5, 5.41) is 31.2. The minimum Gasteiger partial charge on any atom is -0.609 e. The van der Waals surface area contributed by atoms with E-state index in [1.165, 1.54) is 0 Å². The zero-order chi connectivity index (χ0) is 10.0. The van der Waals surface area contributed by atoms with Crippen molar-refractivity contribution in [1.29, 1.82) is 0 Å². The van der Waals surface area contributed by atoms with Crippen molar-refractivity contribution < 1.29 is 14.6 Å². The normalized spacial score (nSPS) is 9.54. The molecule has 68 valence electrons. The van der Waals surface area contributed by atoms with Crippen molar-refractivity contribution in [3.63, 3.8) is 0 Å². The third-order valence-electron chi connectivity index (χ3n) is 1.28. The van der Waals surface area contributed by atoms with Gasteiger partial charge in [-0.1, -0.05) is 0 Å². The fourth-order valence-electron chi connectivity index (χ4n) is 0.743. The van der Waals surface area contributed by atoms with Crippen LogP contribution in [0.4, 0.5) is 11.6 Å². The van der Waals surface area contributed by atoms with Gasteiger partial charge in [-0.2, -0.15) is 0 Å². The second kappa shape index (κ2) is 3.01. The Morgan fingerprint density at radius 1 is 1.08 bits per heavy atom. The lowest BCUT2D eigenvalue weighted by Gasteiger charge is -1.95. The molecular formula is C5H3N3O5. The van der Waals surface area contributed by atoms with Gasteiger partial charge in [-0.15, -0.1) is 0 Å². The molecule has 0 spiro atoms. The summed E-state index contributed by atoms with van der Waals surface area (Å²) in [4.78, 5) is 18.3. The van der Waals surface area contributed by atoms with Gasteiger partial charge in [-0.25, -0.2) is 0 Å². The summed E-state index contributed by atoms with van der Waals surface area (Å²) in [5.41, 5.74) is 0. The monoisotopic (exact) mass is 185 g/mol. The van der Waals surface area contributed by atoms with Crippen LogP contribution in [0.2, 0.25) is 0 Å². The molecule has 0 radical (unpaired) electrons. The van der Waals surface area contributed by atoms with E-state index in [0.29, 0.717) is 0 Å². The van der Waals surface area contributed by atoms with Gasteiger partial charge in [0, 0.05) is 0 Å². The van der Waals surface area contributed by atoms with E-state index >= 15 is 0 Å². The summed E-state index contributed by atoms with van der Waals surface area (Å²) in [6.45, 7) is 0. The highest BCUT2D eigenvalue weighted by molar-refractivity contribution is 5.20. The molecule has 0 atom stereocenters. The molecule has 0 saturated carbocycles. The van der Waals surface area contributed by atoms with Gasteiger partial charge in [0.2, 0.25) is 0 Å². The molecule has 0 bridgehead atoms. The molecule has 0 amide bonds. The lowest BCUT2D eigenvalue weighted by molar-refractivity contribution is -0.703. The van der Waals surface area contributed by atoms with Crippen molar-refractivity contribution in [3.8, 4) is 0 Å². The van der Waals surface area contributed by atoms with E-state index in [9.17, 15) is 25.4 Å². The minimum absolute atomic E-state index is 0.333. The molecule has 0 unspecified atom stereocenters. The second-order valence-corrected chi connectivity index (χ2v) is 2.05. The number of hydrogen-bond donors (Lipinski definition) is 0. The van der Waals surface area contributed by atoms with Gasteiger partial charge in [0.15, 0.2) is 0 Å². The Bertz CT molecular complexity index is 344. The fraction of sp³-hybridized carbons (Fsp3) is 0. The molecule has 1 aromatic heterocycles. The topological polar surface area (TPSA) is 113 Å². The summed E-state index contributed by atoms with van der Waals surface area (Å²) < 4.78 is -0.333. The zero-order valence-electron chi connectivity index (χ0n) is 6.11. The molecule has 1 aromatic rings. The first-order chi connectivity index (χ1) is 6.04. The van der Waals surface area contributed by atoms with Crippen LogP contribution >= 0.6 is 0 Å². The van der Waals surface area contributed by atoms with Gasteiger partial charge >= 0.3 is 11.6 Å². The average Bonchev–Trinajstić information content (AvgIpc) is 2.03. The molecule has 0 aliphatic heterocycles. The summed E-state index contributed by atoms with van der Waals surface area (Å²) >= 11 is 0. The lowest BCUT2D eigenvalue weighted by Crippen LogP contribution is -2.32. The molecule has 0 fully saturated rings. The number of nitrogens with zero attached hydrogens (tertiary/aromatic N) is 3. The predicted molar refractivity (Wildman–Crippen MR) is 38.7 cm³/mol. The van der Waals surface area contributed by atoms with Crippen molar-refractivity contribution in [2.75, 3.05) is 0 Å². The highest BCUT2D eigenvalue weighted by Gasteiger charge is 2.27. The molecule has 0 aliphatic rings. The van der Waals surface area contributed by atoms with Crippen LogP contribution in [0, 0.1) is 25.4 Å². The summed E-state index contributed by atoms with van der Waals surface area (Å²) in [6.07, 6.45) is 0. The fourth-order valence-corrected chi connectivity index (χ4v) is 0.743. The number of rotatable bonds is 2. The first kappa shape index (κ1) is 8.84. The molecule has 13 heavy (non-hydrogen) atoms. The Hall–Kier alpha value is -2.25. The van der Waals surface area contributed by atoms with Crippen molar-refractivity contribution in [2.24, 2.45) is 0 Å². The Labute approximate surface area is 70.9 Å². The largest absolute Gasteiger partial charge is 0.609 e. The molecule has 0 saturated heterocycles. The van der Waals surface area contributed by atoms with Crippen molar-refractivity contribution in [3.05, 3.63) is 43.6 Å². The van der Waals surface area contributed by atoms with E-state index in [1.807, 2.05) is 0 Å². The van der Waals surface area contributed by atoms with Crippen LogP contribution in [-0.4, -0.2) is 9.85 Å². The highest BCUT2D eigenvalue weighted by Crippen LogP contribution is 2.09. The highest BCUT2D eigenvalue weighted by atomic mass is 16.6. The summed E-state index contributed by atoms with van der Waals surface area (Å²) in [6, 6.07) is 2.85. The SMILES string of the molecule is O=[N+]([O-])c1cccc([N+](=O)[O-])[n+]1[O-]. The first-order valence-corrected chi connectivity index (χ1v) is 3.05. The molecule has 1 rings (SSSR count). The quantitative estimate of drug-likeness (QED) is 0.281. The van der Waals surface area contributed by atoms with Gasteiger partial charge in [-0.3, -0.25) is 20.2 Å². The number of nitro groups is 2. The van der Waals surface area contributed by atoms with Crippen LogP contribution in [0.3, 0.4) is 0 Å². The first-order valence-electron chi connectivity index (χ1n) is 3.05. The summed E-state index contributed by atoms with van der Waals surface area (Å²) in [7, 11) is 0. The van der Waals surface area contributed by atoms with E-state index in [0.717, 1.165) is 18.2 Å². The minimum atomic E-state index is -0.986. The van der Waals surface area contributed by atoms with Crippen molar-refractivity contribution in [2.45, 2.75) is 0 Å². The third-order valence-corrected chi connectivity index (χ3v) is 1.28. The van der Waals surface area contributed by atoms with Crippen molar-refractivity contribution >= 4 is 11.6 Å². The van der Waals surface area contributed by atoms with Gasteiger partial charge in [0.25, 0.3) is 0 Å². The van der Waals surface area contributed by atoms with E-state index in [1.54, 1.807) is 0 Å². The van der Waals surface area contributed by atoms with Gasteiger partial charge < -0.3 is 5.21 Å². The molecule has 8 heteroatoms. The Balaban J connectivity index is 3.35. The third kappa shape index (κ3) is 1.50. The predicted octanol–water partition coefficient (Wildman–Crippen LogP) is 0.136. The molecule has 0 aliphatic carbocycles. The molecule has 8 nitrogen and oxygen atoms in total. The van der Waals surface area contributed by atoms with Crippen LogP contribution in [0.25, 0.3) is 0 Å². The van der Waals surface area contributed by atoms with Crippen LogP contribution < -0.4 is 4.73 Å². The summed E-state index contributed by atoms with van der Waals surface area (Å²) in [5.74, 6) is -1.73. The van der Waals surface area contributed by atoms with Crippen LogP contribution in [0.1, 0.15) is 0 Å². The van der Waals surface area contributed by atoms with Crippen LogP contribution in [0.5, 0.6) is 0 Å². The van der Waals surface area contributed by atoms with E-state index in [-0.39, 0.29) is 4.73 Å². The van der Waals surface area contributed by atoms with Gasteiger partial charge in [0.1, 0.15) is 9.85 Å². The number of aromatic nitrogens is 1. The molecule has 0 N–H and O–H groups in total. The average molecular weight is 185 g/mol. The van der Waals surface area contributed by atoms with Crippen LogP contribution in [-0.2, 0) is 0 Å². The van der Waals surface area contributed by atoms with E-state index < -0.39 is 21.5 Å². The van der Waals surface area contributed by atoms with Crippen molar-refractivity contribution in [1.82, 2.24) is 0 Å². The van der Waals surface area contributed by atoms with Gasteiger partial charge in [0.05, 0.1) is 12.1 Å². The molecular weight excluding hydrogens is 182 g/mol. The Morgan fingerprint density at radius 2 is 1.46 bits per heavy atom. The van der Waals surface area contributed by atoms with E-state index in [4.69, 9.17) is 0 Å². The Morgan fingerprint density at radius 3 is 1.77 bits per heavy atom. The maximum absolute atomic E-state index is 10.9. The van der Waals surface area contributed by atoms with Gasteiger partial charge in [-0.05, 0) is 10.8 Å². The smallest absolute Gasteiger partial charge is 0.518 e. The van der Waals surface area contributed by atoms with Crippen LogP contribution in [0.15, 0.2) is 18.2 Å². The second-order valence-electron chi connectivity index (χ2n) is 2.05. The molecule has 1 heterocycles. The lowest BCUT2D eigenvalue weighted by atomic mass is 10.4. The number of pyridine rings is 1. The van der Waals surface area contributed by atoms with E-state index in [2.05, 4.69) is 0 Å². The maximum Gasteiger partial charge on any atom is 0.518 e. The molecule has 0 aromatic carbocycles. The standard InChI is InChI=1S/C5H3N3O5/c9-6-4(7(10)11)2-1-3-5(6)8(12)13/h1-3H. The zero-order valence-corrected chi connectivity index (χ0v) is 6.11. The Kier molecular flexibility index (Phi) is 2.05.